The van der Waals surface area contributed by atoms with E-state index in [1.165, 1.54) is 0 Å². The van der Waals surface area contributed by atoms with Crippen LogP contribution in [0.1, 0.15) is 24.0 Å². The summed E-state index contributed by atoms with van der Waals surface area (Å²) in [5.41, 5.74) is 2.00. The maximum Gasteiger partial charge on any atom is 0.260 e. The van der Waals surface area contributed by atoms with E-state index in [-0.39, 0.29) is 29.8 Å². The van der Waals surface area contributed by atoms with Crippen LogP contribution in [-0.4, -0.2) is 61.2 Å². The smallest absolute Gasteiger partial charge is 0.260 e. The molecule has 7 nitrogen and oxygen atoms in total. The summed E-state index contributed by atoms with van der Waals surface area (Å²) in [5, 5.41) is 3.10. The minimum Gasteiger partial charge on any atom is -0.484 e. The zero-order valence-corrected chi connectivity index (χ0v) is 18.6. The molecular formula is C25H31N3O4. The first-order valence-corrected chi connectivity index (χ1v) is 11.3. The number of carbonyl (C=O) groups excluding carboxylic acids is 2. The number of hydrogen-bond donors (Lipinski definition) is 1. The highest BCUT2D eigenvalue weighted by molar-refractivity contribution is 5.83. The van der Waals surface area contributed by atoms with Crippen molar-refractivity contribution in [1.29, 1.82) is 0 Å². The minimum atomic E-state index is -0.230. The third-order valence-electron chi connectivity index (χ3n) is 6.62. The van der Waals surface area contributed by atoms with Crippen LogP contribution in [0.5, 0.6) is 5.75 Å². The van der Waals surface area contributed by atoms with Crippen LogP contribution in [0.25, 0.3) is 0 Å². The lowest BCUT2D eigenvalue weighted by molar-refractivity contribution is -0.133. The van der Waals surface area contributed by atoms with Gasteiger partial charge < -0.3 is 19.7 Å². The molecule has 2 fully saturated rings. The van der Waals surface area contributed by atoms with Crippen molar-refractivity contribution in [1.82, 2.24) is 15.2 Å². The molecule has 2 aliphatic rings. The number of ether oxygens (including phenoxy) is 2. The summed E-state index contributed by atoms with van der Waals surface area (Å²) in [5.74, 6) is 0.399. The molecule has 0 aliphatic carbocycles. The van der Waals surface area contributed by atoms with Crippen molar-refractivity contribution in [2.75, 3.05) is 39.5 Å². The quantitative estimate of drug-likeness (QED) is 0.719. The number of rotatable bonds is 7. The molecule has 2 amide bonds. The Morgan fingerprint density at radius 1 is 1.22 bits per heavy atom. The van der Waals surface area contributed by atoms with Gasteiger partial charge in [0.1, 0.15) is 5.75 Å². The first kappa shape index (κ1) is 22.3. The highest BCUT2D eigenvalue weighted by atomic mass is 16.5. The van der Waals surface area contributed by atoms with Crippen molar-refractivity contribution in [3.63, 3.8) is 0 Å². The van der Waals surface area contributed by atoms with Crippen molar-refractivity contribution in [2.45, 2.75) is 26.2 Å². The topological polar surface area (TPSA) is 80.8 Å². The fourth-order valence-corrected chi connectivity index (χ4v) is 4.75. The van der Waals surface area contributed by atoms with Crippen LogP contribution in [0, 0.1) is 18.3 Å². The molecule has 0 saturated carbocycles. The molecule has 32 heavy (non-hydrogen) atoms. The van der Waals surface area contributed by atoms with Crippen LogP contribution in [0.2, 0.25) is 0 Å². The highest BCUT2D eigenvalue weighted by Crippen LogP contribution is 2.44. The number of likely N-dealkylation sites (tertiary alicyclic amines) is 1. The summed E-state index contributed by atoms with van der Waals surface area (Å²) in [4.78, 5) is 31.9. The fourth-order valence-electron chi connectivity index (χ4n) is 4.75. The molecule has 7 heteroatoms. The predicted molar refractivity (Wildman–Crippen MR) is 120 cm³/mol. The molecule has 1 unspecified atom stereocenters. The lowest BCUT2D eigenvalue weighted by atomic mass is 9.71. The fraction of sp³-hybridized carbons (Fsp3) is 0.480. The van der Waals surface area contributed by atoms with Gasteiger partial charge in [-0.3, -0.25) is 14.6 Å². The van der Waals surface area contributed by atoms with Crippen molar-refractivity contribution in [3.8, 4) is 5.75 Å². The predicted octanol–water partition coefficient (Wildman–Crippen LogP) is 2.38. The average molecular weight is 438 g/mol. The van der Waals surface area contributed by atoms with Gasteiger partial charge in [0.05, 0.1) is 5.92 Å². The Bertz CT molecular complexity index is 928. The second-order valence-electron chi connectivity index (χ2n) is 8.80. The van der Waals surface area contributed by atoms with Gasteiger partial charge in [-0.15, -0.1) is 0 Å². The van der Waals surface area contributed by atoms with Gasteiger partial charge in [-0.05, 0) is 61.6 Å². The molecule has 0 radical (unpaired) electrons. The van der Waals surface area contributed by atoms with Crippen LogP contribution in [0.15, 0.2) is 48.8 Å². The minimum absolute atomic E-state index is 0.0214. The number of hydrogen-bond acceptors (Lipinski definition) is 5. The normalized spacial score (nSPS) is 19.7. The summed E-state index contributed by atoms with van der Waals surface area (Å²) < 4.78 is 11.3. The number of amides is 2. The summed E-state index contributed by atoms with van der Waals surface area (Å²) >= 11 is 0. The number of pyridine rings is 1. The molecule has 2 aliphatic heterocycles. The third kappa shape index (κ3) is 5.27. The zero-order chi connectivity index (χ0) is 22.4. The van der Waals surface area contributed by atoms with Crippen LogP contribution >= 0.6 is 0 Å². The van der Waals surface area contributed by atoms with Crippen molar-refractivity contribution in [2.24, 2.45) is 11.3 Å². The van der Waals surface area contributed by atoms with E-state index in [1.54, 1.807) is 17.3 Å². The molecule has 2 aromatic rings. The molecule has 1 aromatic heterocycles. The zero-order valence-electron chi connectivity index (χ0n) is 18.6. The van der Waals surface area contributed by atoms with E-state index in [2.05, 4.69) is 10.3 Å². The maximum atomic E-state index is 13.2. The second kappa shape index (κ2) is 10.1. The molecular weight excluding hydrogens is 406 g/mol. The van der Waals surface area contributed by atoms with E-state index in [0.29, 0.717) is 38.6 Å². The molecule has 1 atom stereocenters. The first-order chi connectivity index (χ1) is 15.6. The van der Waals surface area contributed by atoms with E-state index in [9.17, 15) is 9.59 Å². The van der Waals surface area contributed by atoms with E-state index in [4.69, 9.17) is 9.47 Å². The number of nitrogens with one attached hydrogen (secondary N) is 1. The van der Waals surface area contributed by atoms with Crippen LogP contribution in [0.4, 0.5) is 0 Å². The standard InChI is InChI=1S/C25H31N3O4/c1-19-3-2-4-21(15-19)32-17-23(29)28-16-22(25(18-28)8-13-31-14-9-25)24(30)27-12-7-20-5-10-26-11-6-20/h2-6,10-11,15,22H,7-9,12-14,16-18H2,1H3,(H,27,30). The van der Waals surface area contributed by atoms with Gasteiger partial charge in [0.15, 0.2) is 6.61 Å². The summed E-state index contributed by atoms with van der Waals surface area (Å²) in [6.45, 7) is 4.79. The van der Waals surface area contributed by atoms with E-state index in [1.807, 2.05) is 43.3 Å². The van der Waals surface area contributed by atoms with Gasteiger partial charge >= 0.3 is 0 Å². The van der Waals surface area contributed by atoms with Gasteiger partial charge in [-0.25, -0.2) is 0 Å². The maximum absolute atomic E-state index is 13.2. The van der Waals surface area contributed by atoms with Gasteiger partial charge in [-0.1, -0.05) is 12.1 Å². The van der Waals surface area contributed by atoms with Crippen molar-refractivity contribution >= 4 is 11.8 Å². The molecule has 2 saturated heterocycles. The van der Waals surface area contributed by atoms with E-state index >= 15 is 0 Å². The lowest BCUT2D eigenvalue weighted by Gasteiger charge is -2.37. The van der Waals surface area contributed by atoms with Crippen LogP contribution < -0.4 is 10.1 Å². The number of aryl methyl sites for hydroxylation is 1. The number of nitrogens with zero attached hydrogens (tertiary/aromatic N) is 2. The Hall–Kier alpha value is -2.93. The monoisotopic (exact) mass is 437 g/mol. The molecule has 1 aromatic carbocycles. The molecule has 170 valence electrons. The lowest BCUT2D eigenvalue weighted by Crippen LogP contribution is -2.44. The molecule has 1 N–H and O–H groups in total. The Morgan fingerprint density at radius 2 is 2.00 bits per heavy atom. The summed E-state index contributed by atoms with van der Waals surface area (Å²) in [6, 6.07) is 11.6. The van der Waals surface area contributed by atoms with Gasteiger partial charge in [0.2, 0.25) is 5.91 Å². The Kier molecular flexibility index (Phi) is 7.05. The number of aromatic nitrogens is 1. The Labute approximate surface area is 189 Å². The first-order valence-electron chi connectivity index (χ1n) is 11.3. The Morgan fingerprint density at radius 3 is 2.75 bits per heavy atom. The molecule has 0 bridgehead atoms. The third-order valence-corrected chi connectivity index (χ3v) is 6.62. The SMILES string of the molecule is Cc1cccc(OCC(=O)N2CC(C(=O)NCCc3ccncc3)C3(CCOCC3)C2)c1. The van der Waals surface area contributed by atoms with E-state index in [0.717, 1.165) is 30.4 Å². The highest BCUT2D eigenvalue weighted by Gasteiger charge is 2.51. The van der Waals surface area contributed by atoms with Crippen LogP contribution in [0.3, 0.4) is 0 Å². The van der Waals surface area contributed by atoms with Crippen molar-refractivity contribution < 1.29 is 19.1 Å². The van der Waals surface area contributed by atoms with Gasteiger partial charge in [0, 0.05) is 50.7 Å². The largest absolute Gasteiger partial charge is 0.484 e. The summed E-state index contributed by atoms with van der Waals surface area (Å²) in [7, 11) is 0. The Balaban J connectivity index is 1.37. The van der Waals surface area contributed by atoms with Gasteiger partial charge in [-0.2, -0.15) is 0 Å². The number of carbonyl (C=O) groups is 2. The second-order valence-corrected chi connectivity index (χ2v) is 8.80. The molecule has 4 rings (SSSR count). The van der Waals surface area contributed by atoms with E-state index < -0.39 is 0 Å². The van der Waals surface area contributed by atoms with Gasteiger partial charge in [0.25, 0.3) is 5.91 Å². The molecule has 1 spiro atoms. The van der Waals surface area contributed by atoms with Crippen molar-refractivity contribution in [3.05, 3.63) is 59.9 Å². The average Bonchev–Trinajstić information content (AvgIpc) is 3.17. The van der Waals surface area contributed by atoms with Crippen LogP contribution in [-0.2, 0) is 20.7 Å². The molecule has 3 heterocycles. The number of benzene rings is 1. The summed E-state index contributed by atoms with van der Waals surface area (Å²) in [6.07, 6.45) is 5.85.